The van der Waals surface area contributed by atoms with E-state index in [-0.39, 0.29) is 18.5 Å². The molecule has 0 saturated carbocycles. The highest BCUT2D eigenvalue weighted by Gasteiger charge is 2.14. The Morgan fingerprint density at radius 3 is 2.15 bits per heavy atom. The van der Waals surface area contributed by atoms with E-state index in [2.05, 4.69) is 17.2 Å². The van der Waals surface area contributed by atoms with Gasteiger partial charge in [0.15, 0.2) is 0 Å². The highest BCUT2D eigenvalue weighted by atomic mass is 16.5. The summed E-state index contributed by atoms with van der Waals surface area (Å²) in [5.74, 6) is 1.57. The van der Waals surface area contributed by atoms with Gasteiger partial charge in [0.2, 0.25) is 5.91 Å². The topological polar surface area (TPSA) is 59.6 Å². The quantitative estimate of drug-likeness (QED) is 0.644. The average Bonchev–Trinajstić information content (AvgIpc) is 2.70. The van der Waals surface area contributed by atoms with Gasteiger partial charge < -0.3 is 20.1 Å². The van der Waals surface area contributed by atoms with Gasteiger partial charge in [0.05, 0.1) is 20.8 Å². The van der Waals surface area contributed by atoms with Crippen LogP contribution in [-0.4, -0.2) is 33.2 Å². The fourth-order valence-electron chi connectivity index (χ4n) is 2.61. The molecule has 5 heteroatoms. The Balaban J connectivity index is 2.10. The first-order chi connectivity index (χ1) is 12.7. The van der Waals surface area contributed by atoms with Gasteiger partial charge in [-0.05, 0) is 41.8 Å². The van der Waals surface area contributed by atoms with E-state index in [4.69, 9.17) is 9.47 Å². The van der Waals surface area contributed by atoms with E-state index in [1.807, 2.05) is 48.5 Å². The molecular formula is C21H26N2O3. The van der Waals surface area contributed by atoms with Crippen LogP contribution in [-0.2, 0) is 11.2 Å². The molecule has 0 bridgehead atoms. The van der Waals surface area contributed by atoms with Crippen molar-refractivity contribution < 1.29 is 14.3 Å². The van der Waals surface area contributed by atoms with Crippen LogP contribution in [0.2, 0.25) is 0 Å². The molecule has 1 atom stereocenters. The number of methoxy groups -OCH3 is 2. The van der Waals surface area contributed by atoms with E-state index in [1.165, 1.54) is 0 Å². The summed E-state index contributed by atoms with van der Waals surface area (Å²) in [7, 11) is 3.30. The molecule has 0 aliphatic heterocycles. The minimum atomic E-state index is -0.0573. The molecule has 26 heavy (non-hydrogen) atoms. The van der Waals surface area contributed by atoms with Crippen molar-refractivity contribution in [3.05, 3.63) is 72.3 Å². The maximum absolute atomic E-state index is 11.9. The van der Waals surface area contributed by atoms with Crippen LogP contribution in [0.25, 0.3) is 0 Å². The second-order valence-electron chi connectivity index (χ2n) is 5.85. The number of amides is 1. The second-order valence-corrected chi connectivity index (χ2v) is 5.85. The molecule has 2 rings (SSSR count). The van der Waals surface area contributed by atoms with E-state index in [1.54, 1.807) is 20.3 Å². The van der Waals surface area contributed by atoms with Gasteiger partial charge in [0.25, 0.3) is 0 Å². The Kier molecular flexibility index (Phi) is 7.71. The van der Waals surface area contributed by atoms with Crippen LogP contribution in [0.3, 0.4) is 0 Å². The number of carbonyl (C=O) groups excluding carboxylic acids is 1. The monoisotopic (exact) mass is 354 g/mol. The third-order valence-electron chi connectivity index (χ3n) is 4.07. The Bertz CT molecular complexity index is 696. The first kappa shape index (κ1) is 19.5. The number of carbonyl (C=O) groups is 1. The maximum atomic E-state index is 11.9. The number of hydrogen-bond acceptors (Lipinski definition) is 4. The van der Waals surface area contributed by atoms with Gasteiger partial charge in [-0.1, -0.05) is 30.3 Å². The molecule has 0 heterocycles. The molecule has 0 saturated heterocycles. The number of benzene rings is 2. The van der Waals surface area contributed by atoms with Crippen LogP contribution in [0.1, 0.15) is 17.2 Å². The minimum Gasteiger partial charge on any atom is -0.497 e. The summed E-state index contributed by atoms with van der Waals surface area (Å²) >= 11 is 0. The highest BCUT2D eigenvalue weighted by Crippen LogP contribution is 2.22. The first-order valence-corrected chi connectivity index (χ1v) is 8.54. The van der Waals surface area contributed by atoms with E-state index in [0.717, 1.165) is 29.0 Å². The molecule has 0 radical (unpaired) electrons. The molecule has 0 aromatic heterocycles. The normalized spacial score (nSPS) is 11.5. The fraction of sp³-hybridized carbons (Fsp3) is 0.286. The van der Waals surface area contributed by atoms with Gasteiger partial charge in [-0.25, -0.2) is 0 Å². The van der Waals surface area contributed by atoms with Crippen LogP contribution in [0.15, 0.2) is 61.2 Å². The lowest BCUT2D eigenvalue weighted by atomic mass is 9.98. The lowest BCUT2D eigenvalue weighted by Crippen LogP contribution is -2.36. The van der Waals surface area contributed by atoms with Crippen molar-refractivity contribution in [3.63, 3.8) is 0 Å². The average molecular weight is 354 g/mol. The summed E-state index contributed by atoms with van der Waals surface area (Å²) in [6, 6.07) is 15.8. The van der Waals surface area contributed by atoms with Crippen molar-refractivity contribution in [1.82, 2.24) is 10.6 Å². The van der Waals surface area contributed by atoms with Gasteiger partial charge in [0, 0.05) is 12.6 Å². The standard InChI is InChI=1S/C21H26N2O3/c1-4-13-22-21(24)15-23-20(17-7-11-19(26-3)12-8-17)14-16-5-9-18(25-2)10-6-16/h4-12,20,23H,1,13-15H2,2-3H3,(H,22,24)/t20-/m0/s1. The number of nitrogens with one attached hydrogen (secondary N) is 2. The third kappa shape index (κ3) is 5.93. The van der Waals surface area contributed by atoms with Crippen LogP contribution in [0.4, 0.5) is 0 Å². The van der Waals surface area contributed by atoms with Crippen LogP contribution in [0.5, 0.6) is 11.5 Å². The molecule has 2 N–H and O–H groups in total. The van der Waals surface area contributed by atoms with Gasteiger partial charge >= 0.3 is 0 Å². The van der Waals surface area contributed by atoms with E-state index in [0.29, 0.717) is 6.54 Å². The lowest BCUT2D eigenvalue weighted by molar-refractivity contribution is -0.120. The van der Waals surface area contributed by atoms with Crippen molar-refractivity contribution >= 4 is 5.91 Å². The molecule has 0 aliphatic carbocycles. The van der Waals surface area contributed by atoms with Crippen molar-refractivity contribution in [2.24, 2.45) is 0 Å². The third-order valence-corrected chi connectivity index (χ3v) is 4.07. The first-order valence-electron chi connectivity index (χ1n) is 8.54. The SMILES string of the molecule is C=CCNC(=O)CN[C@@H](Cc1ccc(OC)cc1)c1ccc(OC)cc1. The summed E-state index contributed by atoms with van der Waals surface area (Å²) in [5.41, 5.74) is 2.25. The predicted octanol–water partition coefficient (Wildman–Crippen LogP) is 2.88. The molecule has 2 aromatic rings. The smallest absolute Gasteiger partial charge is 0.234 e. The molecule has 5 nitrogen and oxygen atoms in total. The Morgan fingerprint density at radius 2 is 1.62 bits per heavy atom. The van der Waals surface area contributed by atoms with Crippen molar-refractivity contribution in [3.8, 4) is 11.5 Å². The van der Waals surface area contributed by atoms with Crippen LogP contribution < -0.4 is 20.1 Å². The largest absolute Gasteiger partial charge is 0.497 e. The fourth-order valence-corrected chi connectivity index (χ4v) is 2.61. The molecule has 0 spiro atoms. The summed E-state index contributed by atoms with van der Waals surface area (Å²) in [4.78, 5) is 11.9. The molecule has 138 valence electrons. The van der Waals surface area contributed by atoms with E-state index >= 15 is 0 Å². The van der Waals surface area contributed by atoms with Crippen molar-refractivity contribution in [2.45, 2.75) is 12.5 Å². The Hall–Kier alpha value is -2.79. The molecule has 0 aliphatic rings. The number of ether oxygens (including phenoxy) is 2. The molecule has 1 amide bonds. The van der Waals surface area contributed by atoms with Gasteiger partial charge in [0.1, 0.15) is 11.5 Å². The molecular weight excluding hydrogens is 328 g/mol. The zero-order chi connectivity index (χ0) is 18.8. The minimum absolute atomic E-state index is 0.00350. The predicted molar refractivity (Wildman–Crippen MR) is 104 cm³/mol. The van der Waals surface area contributed by atoms with E-state index in [9.17, 15) is 4.79 Å². The van der Waals surface area contributed by atoms with Crippen LogP contribution >= 0.6 is 0 Å². The summed E-state index contributed by atoms with van der Waals surface area (Å²) < 4.78 is 10.4. The zero-order valence-corrected chi connectivity index (χ0v) is 15.3. The zero-order valence-electron chi connectivity index (χ0n) is 15.3. The van der Waals surface area contributed by atoms with Gasteiger partial charge in [-0.15, -0.1) is 6.58 Å². The summed E-state index contributed by atoms with van der Waals surface area (Å²) in [6.07, 6.45) is 2.42. The van der Waals surface area contributed by atoms with Gasteiger partial charge in [-0.3, -0.25) is 4.79 Å². The number of hydrogen-bond donors (Lipinski definition) is 2. The Morgan fingerprint density at radius 1 is 1.04 bits per heavy atom. The van der Waals surface area contributed by atoms with Crippen LogP contribution in [0, 0.1) is 0 Å². The van der Waals surface area contributed by atoms with Crippen molar-refractivity contribution in [1.29, 1.82) is 0 Å². The van der Waals surface area contributed by atoms with Crippen molar-refractivity contribution in [2.75, 3.05) is 27.3 Å². The lowest BCUT2D eigenvalue weighted by Gasteiger charge is -2.20. The van der Waals surface area contributed by atoms with E-state index < -0.39 is 0 Å². The maximum Gasteiger partial charge on any atom is 0.234 e. The molecule has 0 unspecified atom stereocenters. The molecule has 0 fully saturated rings. The summed E-state index contributed by atoms with van der Waals surface area (Å²) in [5, 5.41) is 6.12. The second kappa shape index (κ2) is 10.3. The Labute approximate surface area is 155 Å². The molecule has 2 aromatic carbocycles. The number of rotatable bonds is 10. The summed E-state index contributed by atoms with van der Waals surface area (Å²) in [6.45, 7) is 4.31. The highest BCUT2D eigenvalue weighted by molar-refractivity contribution is 5.78. The van der Waals surface area contributed by atoms with Gasteiger partial charge in [-0.2, -0.15) is 0 Å².